The van der Waals surface area contributed by atoms with Crippen molar-refractivity contribution in [2.24, 2.45) is 0 Å². The van der Waals surface area contributed by atoms with Gasteiger partial charge in [-0.3, -0.25) is 5.32 Å². The van der Waals surface area contributed by atoms with Crippen LogP contribution in [0.5, 0.6) is 0 Å². The van der Waals surface area contributed by atoms with E-state index < -0.39 is 18.3 Å². The summed E-state index contributed by atoms with van der Waals surface area (Å²) in [4.78, 5) is 13.4. The molecule has 162 valence electrons. The lowest BCUT2D eigenvalue weighted by molar-refractivity contribution is 0.00751. The van der Waals surface area contributed by atoms with E-state index in [0.29, 0.717) is 23.0 Å². The minimum absolute atomic E-state index is 0.209. The largest absolute Gasteiger partial charge is 0.441 e. The highest BCUT2D eigenvalue weighted by Crippen LogP contribution is 2.37. The number of anilines is 1. The number of ether oxygens (including phenoxy) is 3. The van der Waals surface area contributed by atoms with Gasteiger partial charge >= 0.3 is 6.09 Å². The number of nitrogens with one attached hydrogen (secondary N) is 1. The van der Waals surface area contributed by atoms with E-state index in [4.69, 9.17) is 19.5 Å². The Hall–Kier alpha value is -3.46. The number of hydrogen-bond acceptors (Lipinski definition) is 9. The average molecular weight is 450 g/mol. The Kier molecular flexibility index (Phi) is 5.72. The second-order valence-corrected chi connectivity index (χ2v) is 8.29. The third kappa shape index (κ3) is 4.16. The summed E-state index contributed by atoms with van der Waals surface area (Å²) in [5.74, 6) is 0. The first kappa shape index (κ1) is 20.4. The monoisotopic (exact) mass is 450 g/mol. The summed E-state index contributed by atoms with van der Waals surface area (Å²) < 4.78 is 19.1. The number of hydrogen-bond donors (Lipinski definition) is 1. The molecule has 2 aliphatic heterocycles. The van der Waals surface area contributed by atoms with E-state index in [0.717, 1.165) is 4.90 Å². The quantitative estimate of drug-likeness (QED) is 0.624. The van der Waals surface area contributed by atoms with Gasteiger partial charge in [-0.15, -0.1) is 5.10 Å². The molecule has 1 amide bonds. The normalized spacial score (nSPS) is 24.0. The van der Waals surface area contributed by atoms with E-state index in [1.54, 1.807) is 28.9 Å². The number of fused-ring (bicyclic) bond motifs is 1. The molecule has 2 saturated heterocycles. The number of amides is 1. The Bertz CT molecular complexity index is 1150. The van der Waals surface area contributed by atoms with Gasteiger partial charge in [0.2, 0.25) is 5.16 Å². The first-order valence-electron chi connectivity index (χ1n) is 9.93. The fourth-order valence-corrected chi connectivity index (χ4v) is 4.61. The van der Waals surface area contributed by atoms with E-state index in [-0.39, 0.29) is 18.8 Å². The molecular formula is C21H18N6O4S. The molecule has 1 N–H and O–H groups in total. The van der Waals surface area contributed by atoms with Crippen LogP contribution in [0.25, 0.3) is 0 Å². The summed E-state index contributed by atoms with van der Waals surface area (Å²) in [7, 11) is 0. The topological polar surface area (TPSA) is 124 Å². The Labute approximate surface area is 187 Å². The maximum absolute atomic E-state index is 12.4. The number of nitriles is 1. The van der Waals surface area contributed by atoms with Crippen molar-refractivity contribution in [3.05, 3.63) is 60.2 Å². The third-order valence-electron chi connectivity index (χ3n) is 5.21. The molecule has 0 bridgehead atoms. The van der Waals surface area contributed by atoms with Gasteiger partial charge in [0.05, 0.1) is 24.8 Å². The van der Waals surface area contributed by atoms with Crippen molar-refractivity contribution in [3.63, 3.8) is 0 Å². The second kappa shape index (κ2) is 8.96. The van der Waals surface area contributed by atoms with Crippen molar-refractivity contribution in [2.45, 2.75) is 34.4 Å². The maximum atomic E-state index is 12.4. The molecule has 1 aromatic heterocycles. The summed E-state index contributed by atoms with van der Waals surface area (Å²) in [6.45, 7) is 0.551. The summed E-state index contributed by atoms with van der Waals surface area (Å²) in [5.41, 5.74) is 0.922. The lowest BCUT2D eigenvalue weighted by Gasteiger charge is -2.17. The van der Waals surface area contributed by atoms with Crippen LogP contribution in [0.2, 0.25) is 0 Å². The van der Waals surface area contributed by atoms with Gasteiger partial charge in [0.15, 0.2) is 6.10 Å². The van der Waals surface area contributed by atoms with Crippen LogP contribution in [0.1, 0.15) is 11.6 Å². The van der Waals surface area contributed by atoms with E-state index in [1.165, 1.54) is 11.8 Å². The first-order valence-corrected chi connectivity index (χ1v) is 10.7. The van der Waals surface area contributed by atoms with E-state index >= 15 is 0 Å². The number of carbonyl (C=O) groups is 1. The zero-order chi connectivity index (χ0) is 21.9. The molecule has 0 spiro atoms. The van der Waals surface area contributed by atoms with Gasteiger partial charge in [-0.1, -0.05) is 24.3 Å². The number of rotatable bonds is 5. The number of nitrogens with zero attached hydrogens (tertiary/aromatic N) is 5. The van der Waals surface area contributed by atoms with Gasteiger partial charge in [0.1, 0.15) is 18.2 Å². The van der Waals surface area contributed by atoms with Gasteiger partial charge in [0, 0.05) is 10.6 Å². The second-order valence-electron chi connectivity index (χ2n) is 7.25. The minimum atomic E-state index is -0.635. The predicted molar refractivity (Wildman–Crippen MR) is 112 cm³/mol. The van der Waals surface area contributed by atoms with E-state index in [2.05, 4.69) is 20.8 Å². The highest BCUT2D eigenvalue weighted by molar-refractivity contribution is 7.99. The maximum Gasteiger partial charge on any atom is 0.412 e. The Morgan fingerprint density at radius 2 is 2.00 bits per heavy atom. The molecule has 2 aliphatic rings. The first-order chi connectivity index (χ1) is 15.7. The Balaban J connectivity index is 1.23. The van der Waals surface area contributed by atoms with Crippen LogP contribution in [0.3, 0.4) is 0 Å². The third-order valence-corrected chi connectivity index (χ3v) is 6.17. The standard InChI is InChI=1S/C21H18N6O4S/c22-10-13-5-4-6-14(9-13)23-21(28)31-17-12-30-18-16(11-29-19(17)18)27-20(24-25-26-27)32-15-7-2-1-3-8-15/h1-9,16-19H,11-12H2,(H,23,28)/t16-,17-,18-,19+/m1/s1. The number of aromatic nitrogens is 4. The zero-order valence-electron chi connectivity index (χ0n) is 16.7. The van der Waals surface area contributed by atoms with Gasteiger partial charge in [-0.2, -0.15) is 5.26 Å². The van der Waals surface area contributed by atoms with Crippen LogP contribution in [0.15, 0.2) is 64.6 Å². The molecule has 32 heavy (non-hydrogen) atoms. The molecule has 4 atom stereocenters. The van der Waals surface area contributed by atoms with Crippen LogP contribution in [0, 0.1) is 11.3 Å². The van der Waals surface area contributed by atoms with Crippen molar-refractivity contribution in [3.8, 4) is 6.07 Å². The molecule has 3 heterocycles. The van der Waals surface area contributed by atoms with E-state index in [9.17, 15) is 4.79 Å². The lowest BCUT2D eigenvalue weighted by Crippen LogP contribution is -2.35. The van der Waals surface area contributed by atoms with Crippen LogP contribution >= 0.6 is 11.8 Å². The number of tetrazole rings is 1. The smallest absolute Gasteiger partial charge is 0.412 e. The van der Waals surface area contributed by atoms with Crippen molar-refractivity contribution < 1.29 is 19.0 Å². The number of benzene rings is 2. The molecule has 2 fully saturated rings. The zero-order valence-corrected chi connectivity index (χ0v) is 17.5. The van der Waals surface area contributed by atoms with Gasteiger partial charge in [0.25, 0.3) is 0 Å². The van der Waals surface area contributed by atoms with Crippen LogP contribution in [0.4, 0.5) is 10.5 Å². The van der Waals surface area contributed by atoms with Crippen molar-refractivity contribution in [1.82, 2.24) is 20.2 Å². The highest BCUT2D eigenvalue weighted by Gasteiger charge is 2.51. The van der Waals surface area contributed by atoms with Gasteiger partial charge < -0.3 is 14.2 Å². The van der Waals surface area contributed by atoms with Crippen molar-refractivity contribution in [2.75, 3.05) is 18.5 Å². The van der Waals surface area contributed by atoms with Crippen LogP contribution in [-0.2, 0) is 14.2 Å². The predicted octanol–water partition coefficient (Wildman–Crippen LogP) is 2.65. The molecule has 11 heteroatoms. The molecule has 0 aliphatic carbocycles. The summed E-state index contributed by atoms with van der Waals surface area (Å²) >= 11 is 1.46. The summed E-state index contributed by atoms with van der Waals surface area (Å²) in [5, 5.41) is 24.4. The average Bonchev–Trinajstić information content (AvgIpc) is 3.52. The van der Waals surface area contributed by atoms with Crippen LogP contribution in [-0.4, -0.2) is 57.8 Å². The van der Waals surface area contributed by atoms with Crippen molar-refractivity contribution in [1.29, 1.82) is 5.26 Å². The molecule has 0 unspecified atom stereocenters. The number of carbonyl (C=O) groups excluding carboxylic acids is 1. The van der Waals surface area contributed by atoms with Crippen LogP contribution < -0.4 is 5.32 Å². The van der Waals surface area contributed by atoms with Gasteiger partial charge in [-0.25, -0.2) is 9.48 Å². The summed E-state index contributed by atoms with van der Waals surface area (Å²) in [6, 6.07) is 18.2. The molecule has 5 rings (SSSR count). The molecule has 2 aromatic carbocycles. The van der Waals surface area contributed by atoms with Gasteiger partial charge in [-0.05, 0) is 52.5 Å². The molecule has 0 radical (unpaired) electrons. The summed E-state index contributed by atoms with van der Waals surface area (Å²) in [6.07, 6.45) is -1.96. The SMILES string of the molecule is N#Cc1cccc(NC(=O)O[C@@H]2CO[C@H]3[C@H]2OC[C@H]3n2nnnc2Sc2ccccc2)c1. The van der Waals surface area contributed by atoms with Crippen molar-refractivity contribution >= 4 is 23.5 Å². The molecular weight excluding hydrogens is 432 g/mol. The lowest BCUT2D eigenvalue weighted by atomic mass is 10.1. The Morgan fingerprint density at radius 1 is 1.16 bits per heavy atom. The fraction of sp³-hybridized carbons (Fsp3) is 0.286. The fourth-order valence-electron chi connectivity index (χ4n) is 3.76. The Morgan fingerprint density at radius 3 is 2.84 bits per heavy atom. The highest BCUT2D eigenvalue weighted by atomic mass is 32.2. The molecule has 0 saturated carbocycles. The minimum Gasteiger partial charge on any atom is -0.441 e. The molecule has 3 aromatic rings. The van der Waals surface area contributed by atoms with E-state index in [1.807, 2.05) is 36.4 Å². The molecule has 10 nitrogen and oxygen atoms in total.